The normalized spacial score (nSPS) is 14.9. The summed E-state index contributed by atoms with van der Waals surface area (Å²) < 4.78 is 47.4. The number of halogens is 1. The zero-order valence-electron chi connectivity index (χ0n) is 16.3. The number of aryl methyl sites for hydroxylation is 1. The Kier molecular flexibility index (Phi) is 5.22. The van der Waals surface area contributed by atoms with Crippen molar-refractivity contribution in [1.82, 2.24) is 24.3 Å². The Bertz CT molecular complexity index is 1120. The molecule has 8 nitrogen and oxygen atoms in total. The van der Waals surface area contributed by atoms with Gasteiger partial charge in [-0.15, -0.1) is 10.2 Å². The molecule has 1 aliphatic heterocycles. The molecule has 1 aliphatic rings. The van der Waals surface area contributed by atoms with Gasteiger partial charge in [-0.2, -0.15) is 9.40 Å². The van der Waals surface area contributed by atoms with Crippen LogP contribution >= 0.6 is 0 Å². The Morgan fingerprint density at radius 1 is 1.17 bits per heavy atom. The zero-order valence-corrected chi connectivity index (χ0v) is 17.1. The summed E-state index contributed by atoms with van der Waals surface area (Å²) in [4.78, 5) is 0. The quantitative estimate of drug-likeness (QED) is 0.610. The molecule has 0 saturated heterocycles. The third-order valence-corrected chi connectivity index (χ3v) is 6.98. The van der Waals surface area contributed by atoms with Gasteiger partial charge in [0.1, 0.15) is 5.82 Å². The van der Waals surface area contributed by atoms with Crippen molar-refractivity contribution >= 4 is 10.0 Å². The van der Waals surface area contributed by atoms with Crippen molar-refractivity contribution < 1.29 is 17.2 Å². The molecule has 0 N–H and O–H groups in total. The summed E-state index contributed by atoms with van der Waals surface area (Å²) in [5.41, 5.74) is 2.83. The van der Waals surface area contributed by atoms with Crippen molar-refractivity contribution in [3.63, 3.8) is 0 Å². The number of hydrogen-bond acceptors (Lipinski definition) is 6. The predicted molar refractivity (Wildman–Crippen MR) is 105 cm³/mol. The molecule has 0 unspecified atom stereocenters. The monoisotopic (exact) mass is 419 g/mol. The maximum absolute atomic E-state index is 13.1. The first-order valence-electron chi connectivity index (χ1n) is 9.51. The lowest BCUT2D eigenvalue weighted by molar-refractivity contribution is 0.385. The number of unbranched alkanes of at least 4 members (excludes halogenated alkanes) is 1. The van der Waals surface area contributed by atoms with E-state index in [0.29, 0.717) is 30.6 Å². The molecule has 0 saturated carbocycles. The number of aromatic nitrogens is 4. The summed E-state index contributed by atoms with van der Waals surface area (Å²) >= 11 is 0. The van der Waals surface area contributed by atoms with Crippen molar-refractivity contribution in [1.29, 1.82) is 0 Å². The van der Waals surface area contributed by atoms with Crippen LogP contribution in [0.4, 0.5) is 4.39 Å². The average molecular weight is 419 g/mol. The second-order valence-electron chi connectivity index (χ2n) is 7.07. The Morgan fingerprint density at radius 2 is 1.90 bits per heavy atom. The highest BCUT2D eigenvalue weighted by Gasteiger charge is 2.32. The van der Waals surface area contributed by atoms with Crippen molar-refractivity contribution in [2.75, 3.05) is 12.3 Å². The van der Waals surface area contributed by atoms with Gasteiger partial charge in [0.15, 0.2) is 5.69 Å². The Labute approximate surface area is 168 Å². The van der Waals surface area contributed by atoms with Gasteiger partial charge in [-0.05, 0) is 30.7 Å². The fourth-order valence-corrected chi connectivity index (χ4v) is 5.07. The lowest BCUT2D eigenvalue weighted by Gasteiger charge is -2.26. The number of nitrogens with zero attached hydrogens (tertiary/aromatic N) is 5. The molecule has 0 atom stereocenters. The molecule has 0 bridgehead atoms. The van der Waals surface area contributed by atoms with Crippen LogP contribution in [0.2, 0.25) is 0 Å². The molecule has 4 rings (SSSR count). The zero-order chi connectivity index (χ0) is 20.6. The molecule has 0 amide bonds. The van der Waals surface area contributed by atoms with Gasteiger partial charge in [0.2, 0.25) is 15.9 Å². The van der Waals surface area contributed by atoms with E-state index >= 15 is 0 Å². The number of benzene rings is 1. The first kappa shape index (κ1) is 19.7. The summed E-state index contributed by atoms with van der Waals surface area (Å²) in [6, 6.07) is 5.76. The first-order valence-corrected chi connectivity index (χ1v) is 11.1. The summed E-state index contributed by atoms with van der Waals surface area (Å²) in [7, 11) is -1.51. The summed E-state index contributed by atoms with van der Waals surface area (Å²) in [6.45, 7) is 2.64. The van der Waals surface area contributed by atoms with Gasteiger partial charge in [0.25, 0.3) is 5.89 Å². The second-order valence-corrected chi connectivity index (χ2v) is 9.16. The van der Waals surface area contributed by atoms with Gasteiger partial charge in [-0.3, -0.25) is 4.68 Å². The van der Waals surface area contributed by atoms with Gasteiger partial charge in [0, 0.05) is 43.4 Å². The molecule has 3 heterocycles. The third-order valence-electron chi connectivity index (χ3n) is 5.08. The van der Waals surface area contributed by atoms with Crippen LogP contribution in [0.25, 0.3) is 23.0 Å². The highest BCUT2D eigenvalue weighted by molar-refractivity contribution is 7.89. The fourth-order valence-electron chi connectivity index (χ4n) is 3.46. The molecule has 1 aromatic carbocycles. The smallest absolute Gasteiger partial charge is 0.268 e. The van der Waals surface area contributed by atoms with Crippen LogP contribution in [0.15, 0.2) is 28.7 Å². The van der Waals surface area contributed by atoms with E-state index < -0.39 is 10.0 Å². The largest absolute Gasteiger partial charge is 0.415 e. The fraction of sp³-hybridized carbons (Fsp3) is 0.421. The van der Waals surface area contributed by atoms with Gasteiger partial charge < -0.3 is 4.42 Å². The highest BCUT2D eigenvalue weighted by atomic mass is 32.2. The van der Waals surface area contributed by atoms with Crippen LogP contribution in [0.3, 0.4) is 0 Å². The molecule has 3 aromatic rings. The average Bonchev–Trinajstić information content (AvgIpc) is 3.32. The van der Waals surface area contributed by atoms with E-state index in [1.54, 1.807) is 16.8 Å². The van der Waals surface area contributed by atoms with E-state index in [2.05, 4.69) is 15.3 Å². The van der Waals surface area contributed by atoms with Crippen molar-refractivity contribution in [2.45, 2.75) is 32.7 Å². The summed E-state index contributed by atoms with van der Waals surface area (Å²) in [6.07, 6.45) is 2.03. The van der Waals surface area contributed by atoms with Gasteiger partial charge in [-0.1, -0.05) is 13.3 Å². The van der Waals surface area contributed by atoms with Crippen LogP contribution in [0, 0.1) is 5.82 Å². The number of hydrogen-bond donors (Lipinski definition) is 0. The molecule has 0 spiro atoms. The molecule has 0 radical (unpaired) electrons. The lowest BCUT2D eigenvalue weighted by atomic mass is 10.1. The third kappa shape index (κ3) is 3.82. The number of sulfonamides is 1. The van der Waals surface area contributed by atoms with E-state index in [1.165, 1.54) is 16.4 Å². The molecule has 2 aromatic heterocycles. The minimum Gasteiger partial charge on any atom is -0.415 e. The standard InChI is InChI=1S/C19H22FN5O3S/c1-3-4-11-29(26,27)25-10-9-16-15(12-25)17(23-24(16)2)19-22-21-18(28-19)13-5-7-14(20)8-6-13/h5-8H,3-4,9-12H2,1-2H3. The first-order chi connectivity index (χ1) is 13.9. The maximum atomic E-state index is 13.1. The minimum atomic E-state index is -3.33. The molecule has 0 fully saturated rings. The molecule has 10 heteroatoms. The Morgan fingerprint density at radius 3 is 2.62 bits per heavy atom. The Hall–Kier alpha value is -2.59. The van der Waals surface area contributed by atoms with E-state index in [1.807, 2.05) is 14.0 Å². The van der Waals surface area contributed by atoms with Crippen LogP contribution in [0.1, 0.15) is 31.0 Å². The summed E-state index contributed by atoms with van der Waals surface area (Å²) in [5, 5.41) is 12.6. The molecular formula is C19H22FN5O3S. The molecular weight excluding hydrogens is 397 g/mol. The van der Waals surface area contributed by atoms with E-state index in [9.17, 15) is 12.8 Å². The van der Waals surface area contributed by atoms with Crippen LogP contribution in [-0.4, -0.2) is 45.0 Å². The van der Waals surface area contributed by atoms with Crippen LogP contribution in [-0.2, 0) is 30.0 Å². The van der Waals surface area contributed by atoms with Gasteiger partial charge in [-0.25, -0.2) is 12.8 Å². The lowest BCUT2D eigenvalue weighted by Crippen LogP contribution is -2.37. The predicted octanol–water partition coefficient (Wildman–Crippen LogP) is 2.76. The highest BCUT2D eigenvalue weighted by Crippen LogP contribution is 2.31. The topological polar surface area (TPSA) is 94.1 Å². The number of rotatable bonds is 6. The molecule has 154 valence electrons. The SMILES string of the molecule is CCCCS(=O)(=O)N1CCc2c(c(-c3nnc(-c4ccc(F)cc4)o3)nn2C)C1. The van der Waals surface area contributed by atoms with E-state index in [0.717, 1.165) is 17.7 Å². The van der Waals surface area contributed by atoms with E-state index in [4.69, 9.17) is 4.42 Å². The molecule has 29 heavy (non-hydrogen) atoms. The van der Waals surface area contributed by atoms with Crippen molar-refractivity contribution in [2.24, 2.45) is 7.05 Å². The van der Waals surface area contributed by atoms with Crippen molar-refractivity contribution in [3.05, 3.63) is 41.3 Å². The van der Waals surface area contributed by atoms with E-state index in [-0.39, 0.29) is 29.9 Å². The van der Waals surface area contributed by atoms with Gasteiger partial charge >= 0.3 is 0 Å². The van der Waals surface area contributed by atoms with Crippen LogP contribution in [0.5, 0.6) is 0 Å². The Balaban J connectivity index is 1.65. The summed E-state index contributed by atoms with van der Waals surface area (Å²) in [5.74, 6) is 0.261. The maximum Gasteiger partial charge on any atom is 0.268 e. The van der Waals surface area contributed by atoms with Crippen LogP contribution < -0.4 is 0 Å². The molecule has 0 aliphatic carbocycles. The number of fused-ring (bicyclic) bond motifs is 1. The van der Waals surface area contributed by atoms with Crippen molar-refractivity contribution in [3.8, 4) is 23.0 Å². The minimum absolute atomic E-state index is 0.143. The van der Waals surface area contributed by atoms with Gasteiger partial charge in [0.05, 0.1) is 5.75 Å². The second kappa shape index (κ2) is 7.68.